The Hall–Kier alpha value is 0.0600. The Morgan fingerprint density at radius 3 is 2.79 bits per heavy atom. The Bertz CT molecular complexity index is 469. The largest absolute Gasteiger partial charge is 0.370 e. The molecule has 0 amide bonds. The van der Waals surface area contributed by atoms with Crippen LogP contribution in [0.15, 0.2) is 0 Å². The third kappa shape index (κ3) is 3.05. The lowest BCUT2D eigenvalue weighted by Gasteiger charge is -2.37. The Kier molecular flexibility index (Phi) is 5.06. The van der Waals surface area contributed by atoms with Crippen LogP contribution in [-0.2, 0) is 16.8 Å². The van der Waals surface area contributed by atoms with Crippen molar-refractivity contribution in [1.29, 1.82) is 0 Å². The molecule has 0 spiro atoms. The number of aryl methyl sites for hydroxylation is 1. The van der Waals surface area contributed by atoms with Gasteiger partial charge in [-0.2, -0.15) is 0 Å². The molecule has 0 radical (unpaired) electrons. The molecule has 1 heterocycles. The Balaban J connectivity index is 2.46. The molecule has 0 aliphatic heterocycles. The van der Waals surface area contributed by atoms with E-state index >= 15 is 0 Å². The van der Waals surface area contributed by atoms with Gasteiger partial charge in [0.05, 0.1) is 9.26 Å². The van der Waals surface area contributed by atoms with Crippen molar-refractivity contribution in [3.8, 4) is 0 Å². The van der Waals surface area contributed by atoms with Gasteiger partial charge in [0, 0.05) is 7.11 Å². The number of rotatable bonds is 3. The summed E-state index contributed by atoms with van der Waals surface area (Å²) in [6.07, 6.45) is 5.23. The van der Waals surface area contributed by atoms with Crippen molar-refractivity contribution >= 4 is 34.2 Å². The van der Waals surface area contributed by atoms with Crippen molar-refractivity contribution in [1.82, 2.24) is 9.97 Å². The first-order chi connectivity index (χ1) is 9.02. The average Bonchev–Trinajstić information content (AvgIpc) is 2.41. The molecule has 3 nitrogen and oxygen atoms in total. The van der Waals surface area contributed by atoms with E-state index in [0.717, 1.165) is 40.8 Å². The summed E-state index contributed by atoms with van der Waals surface area (Å²) in [5, 5.41) is 0.553. The van der Waals surface area contributed by atoms with Crippen LogP contribution in [0.5, 0.6) is 0 Å². The molecule has 1 aliphatic rings. The first-order valence-electron chi connectivity index (χ1n) is 6.80. The second-order valence-electron chi connectivity index (χ2n) is 5.35. The molecule has 5 heteroatoms. The van der Waals surface area contributed by atoms with Gasteiger partial charge in [0.1, 0.15) is 10.8 Å². The molecular weight excluding hydrogens is 375 g/mol. The van der Waals surface area contributed by atoms with Crippen molar-refractivity contribution < 1.29 is 4.74 Å². The lowest BCUT2D eigenvalue weighted by atomic mass is 9.78. The van der Waals surface area contributed by atoms with Gasteiger partial charge in [0.2, 0.25) is 0 Å². The molecule has 1 aliphatic carbocycles. The fraction of sp³-hybridized carbons (Fsp3) is 0.714. The highest BCUT2D eigenvalue weighted by molar-refractivity contribution is 14.1. The summed E-state index contributed by atoms with van der Waals surface area (Å²) < 4.78 is 6.80. The SMILES string of the molecule is CCc1nc(C2(OC)CCCC(C)C2)nc(Cl)c1I. The van der Waals surface area contributed by atoms with Crippen LogP contribution in [0.3, 0.4) is 0 Å². The normalized spacial score (nSPS) is 27.5. The van der Waals surface area contributed by atoms with Crippen molar-refractivity contribution in [2.24, 2.45) is 5.92 Å². The zero-order valence-electron chi connectivity index (χ0n) is 11.7. The standard InChI is InChI=1S/C14H20ClIN2O/c1-4-10-11(16)12(15)18-13(17-10)14(19-3)7-5-6-9(2)8-14/h9H,4-8H2,1-3H3. The molecule has 1 saturated carbocycles. The first-order valence-corrected chi connectivity index (χ1v) is 8.25. The van der Waals surface area contributed by atoms with Crippen molar-refractivity contribution in [2.75, 3.05) is 7.11 Å². The number of aromatic nitrogens is 2. The van der Waals surface area contributed by atoms with E-state index < -0.39 is 0 Å². The van der Waals surface area contributed by atoms with Gasteiger partial charge in [-0.1, -0.05) is 31.9 Å². The number of halogens is 2. The van der Waals surface area contributed by atoms with E-state index in [1.807, 2.05) is 0 Å². The van der Waals surface area contributed by atoms with E-state index in [9.17, 15) is 0 Å². The van der Waals surface area contributed by atoms with Crippen LogP contribution in [0, 0.1) is 9.49 Å². The molecule has 2 unspecified atom stereocenters. The summed E-state index contributed by atoms with van der Waals surface area (Å²) >= 11 is 8.47. The quantitative estimate of drug-likeness (QED) is 0.565. The summed E-state index contributed by atoms with van der Waals surface area (Å²) in [6, 6.07) is 0. The highest BCUT2D eigenvalue weighted by Crippen LogP contribution is 2.41. The van der Waals surface area contributed by atoms with E-state index in [1.54, 1.807) is 7.11 Å². The topological polar surface area (TPSA) is 35.0 Å². The first kappa shape index (κ1) is 15.4. The smallest absolute Gasteiger partial charge is 0.162 e. The van der Waals surface area contributed by atoms with Crippen LogP contribution < -0.4 is 0 Å². The van der Waals surface area contributed by atoms with Gasteiger partial charge in [-0.3, -0.25) is 0 Å². The van der Waals surface area contributed by atoms with Gasteiger partial charge in [-0.25, -0.2) is 9.97 Å². The number of hydrogen-bond acceptors (Lipinski definition) is 3. The van der Waals surface area contributed by atoms with Crippen LogP contribution in [0.1, 0.15) is 51.0 Å². The highest BCUT2D eigenvalue weighted by Gasteiger charge is 2.40. The predicted octanol–water partition coefficient (Wildman–Crippen LogP) is 4.35. The van der Waals surface area contributed by atoms with E-state index in [2.05, 4.69) is 41.4 Å². The van der Waals surface area contributed by atoms with E-state index in [4.69, 9.17) is 21.3 Å². The Morgan fingerprint density at radius 1 is 1.47 bits per heavy atom. The number of ether oxygens (including phenoxy) is 1. The second-order valence-corrected chi connectivity index (χ2v) is 6.79. The van der Waals surface area contributed by atoms with Crippen LogP contribution in [0.4, 0.5) is 0 Å². The third-order valence-electron chi connectivity index (χ3n) is 3.97. The third-order valence-corrected chi connectivity index (χ3v) is 5.69. The molecule has 19 heavy (non-hydrogen) atoms. The fourth-order valence-electron chi connectivity index (χ4n) is 2.88. The molecule has 0 saturated heterocycles. The summed E-state index contributed by atoms with van der Waals surface area (Å²) in [6.45, 7) is 4.36. The van der Waals surface area contributed by atoms with Crippen LogP contribution >= 0.6 is 34.2 Å². The fourth-order valence-corrected chi connectivity index (χ4v) is 3.70. The maximum Gasteiger partial charge on any atom is 0.162 e. The highest BCUT2D eigenvalue weighted by atomic mass is 127. The lowest BCUT2D eigenvalue weighted by molar-refractivity contribution is -0.0647. The van der Waals surface area contributed by atoms with Gasteiger partial charge in [-0.15, -0.1) is 0 Å². The van der Waals surface area contributed by atoms with Crippen molar-refractivity contribution in [3.05, 3.63) is 20.2 Å². The number of hydrogen-bond donors (Lipinski definition) is 0. The summed E-state index contributed by atoms with van der Waals surface area (Å²) in [5.41, 5.74) is 0.667. The minimum atomic E-state index is -0.352. The van der Waals surface area contributed by atoms with Gasteiger partial charge in [0.15, 0.2) is 5.82 Å². The van der Waals surface area contributed by atoms with E-state index in [1.165, 1.54) is 6.42 Å². The minimum absolute atomic E-state index is 0.352. The van der Waals surface area contributed by atoms with Gasteiger partial charge < -0.3 is 4.74 Å². The monoisotopic (exact) mass is 394 g/mol. The van der Waals surface area contributed by atoms with Gasteiger partial charge in [-0.05, 0) is 54.2 Å². The molecule has 1 aromatic heterocycles. The Labute approximate surface area is 133 Å². The molecule has 1 aromatic rings. The maximum absolute atomic E-state index is 6.26. The molecule has 1 fully saturated rings. The van der Waals surface area contributed by atoms with Crippen LogP contribution in [0.25, 0.3) is 0 Å². The average molecular weight is 395 g/mol. The minimum Gasteiger partial charge on any atom is -0.370 e. The molecule has 0 bridgehead atoms. The number of nitrogens with zero attached hydrogens (tertiary/aromatic N) is 2. The second kappa shape index (κ2) is 6.22. The predicted molar refractivity (Wildman–Crippen MR) is 85.5 cm³/mol. The van der Waals surface area contributed by atoms with Crippen LogP contribution in [0.2, 0.25) is 5.15 Å². The van der Waals surface area contributed by atoms with E-state index in [-0.39, 0.29) is 5.60 Å². The van der Waals surface area contributed by atoms with E-state index in [0.29, 0.717) is 11.1 Å². The molecule has 106 valence electrons. The van der Waals surface area contributed by atoms with Gasteiger partial charge >= 0.3 is 0 Å². The zero-order valence-corrected chi connectivity index (χ0v) is 14.6. The lowest BCUT2D eigenvalue weighted by Crippen LogP contribution is -2.36. The summed E-state index contributed by atoms with van der Waals surface area (Å²) in [7, 11) is 1.76. The molecule has 0 aromatic carbocycles. The van der Waals surface area contributed by atoms with Crippen molar-refractivity contribution in [2.45, 2.75) is 51.6 Å². The molecular formula is C14H20ClIN2O. The number of methoxy groups -OCH3 is 1. The summed E-state index contributed by atoms with van der Waals surface area (Å²) in [5.74, 6) is 1.41. The zero-order chi connectivity index (χ0) is 14.0. The summed E-state index contributed by atoms with van der Waals surface area (Å²) in [4.78, 5) is 9.23. The Morgan fingerprint density at radius 2 is 2.21 bits per heavy atom. The van der Waals surface area contributed by atoms with Gasteiger partial charge in [0.25, 0.3) is 0 Å². The van der Waals surface area contributed by atoms with Crippen LogP contribution in [-0.4, -0.2) is 17.1 Å². The van der Waals surface area contributed by atoms with Crippen molar-refractivity contribution in [3.63, 3.8) is 0 Å². The molecule has 2 rings (SSSR count). The molecule has 2 atom stereocenters. The molecule has 0 N–H and O–H groups in total. The maximum atomic E-state index is 6.26.